The highest BCUT2D eigenvalue weighted by Gasteiger charge is 2.13. The zero-order valence-electron chi connectivity index (χ0n) is 9.93. The molecule has 0 spiro atoms. The predicted molar refractivity (Wildman–Crippen MR) is 67.4 cm³/mol. The first-order valence-electron chi connectivity index (χ1n) is 5.92. The van der Waals surface area contributed by atoms with Crippen molar-refractivity contribution in [3.63, 3.8) is 0 Å². The molecule has 18 heavy (non-hydrogen) atoms. The number of ether oxygens (including phenoxy) is 1. The quantitative estimate of drug-likeness (QED) is 0.885. The first-order valence-corrected chi connectivity index (χ1v) is 6.29. The van der Waals surface area contributed by atoms with Crippen molar-refractivity contribution in [1.82, 2.24) is 9.88 Å². The van der Waals surface area contributed by atoms with E-state index in [-0.39, 0.29) is 10.7 Å². The Morgan fingerprint density at radius 1 is 1.44 bits per heavy atom. The summed E-state index contributed by atoms with van der Waals surface area (Å²) in [5.41, 5.74) is -0.171. The summed E-state index contributed by atoms with van der Waals surface area (Å²) in [4.78, 5) is 17.0. The number of nitrogens with zero attached hydrogens (tertiary/aromatic N) is 2. The lowest BCUT2D eigenvalue weighted by Gasteiger charge is -2.14. The van der Waals surface area contributed by atoms with Gasteiger partial charge in [0.15, 0.2) is 5.69 Å². The van der Waals surface area contributed by atoms with Crippen LogP contribution in [0.3, 0.4) is 0 Å². The van der Waals surface area contributed by atoms with Crippen molar-refractivity contribution in [2.75, 3.05) is 26.2 Å². The van der Waals surface area contributed by atoms with E-state index in [1.165, 1.54) is 18.9 Å². The highest BCUT2D eigenvalue weighted by molar-refractivity contribution is 6.33. The smallest absolute Gasteiger partial charge is 0.356 e. The number of hydrogen-bond donors (Lipinski definition) is 1. The standard InChI is InChI=1S/C12H15ClN2O3/c13-9-3-4-10(14-11(9)12(16)17)18-8-7-15-5-1-2-6-15/h3-4H,1-2,5-8H2,(H,16,17). The van der Waals surface area contributed by atoms with Crippen molar-refractivity contribution in [1.29, 1.82) is 0 Å². The Bertz CT molecular complexity index is 433. The monoisotopic (exact) mass is 270 g/mol. The molecule has 1 aromatic rings. The van der Waals surface area contributed by atoms with Crippen LogP contribution in [0.1, 0.15) is 23.3 Å². The summed E-state index contributed by atoms with van der Waals surface area (Å²) < 4.78 is 5.44. The molecule has 0 radical (unpaired) electrons. The lowest BCUT2D eigenvalue weighted by molar-refractivity contribution is 0.0689. The summed E-state index contributed by atoms with van der Waals surface area (Å²) in [6, 6.07) is 3.07. The van der Waals surface area contributed by atoms with Gasteiger partial charge in [-0.3, -0.25) is 4.90 Å². The molecule has 0 bridgehead atoms. The maximum atomic E-state index is 10.8. The van der Waals surface area contributed by atoms with Crippen molar-refractivity contribution in [3.8, 4) is 5.88 Å². The van der Waals surface area contributed by atoms with Gasteiger partial charge in [0.05, 0.1) is 5.02 Å². The fourth-order valence-electron chi connectivity index (χ4n) is 1.94. The van der Waals surface area contributed by atoms with Crippen molar-refractivity contribution >= 4 is 17.6 Å². The van der Waals surface area contributed by atoms with Crippen molar-refractivity contribution < 1.29 is 14.6 Å². The Labute approximate surface area is 110 Å². The molecule has 0 saturated carbocycles. The number of carbonyl (C=O) groups is 1. The zero-order chi connectivity index (χ0) is 13.0. The lowest BCUT2D eigenvalue weighted by Crippen LogP contribution is -2.25. The van der Waals surface area contributed by atoms with E-state index < -0.39 is 5.97 Å². The second-order valence-corrected chi connectivity index (χ2v) is 4.59. The summed E-state index contributed by atoms with van der Waals surface area (Å²) in [5, 5.41) is 9.00. The molecule has 98 valence electrons. The summed E-state index contributed by atoms with van der Waals surface area (Å²) in [6.07, 6.45) is 2.48. The van der Waals surface area contributed by atoms with Gasteiger partial charge in [0, 0.05) is 12.6 Å². The largest absolute Gasteiger partial charge is 0.476 e. The summed E-state index contributed by atoms with van der Waals surface area (Å²) in [6.45, 7) is 3.57. The predicted octanol–water partition coefficient (Wildman–Crippen LogP) is 1.91. The number of carboxylic acids is 1. The third-order valence-corrected chi connectivity index (χ3v) is 3.18. The first kappa shape index (κ1) is 13.1. The van der Waals surface area contributed by atoms with E-state index in [0.717, 1.165) is 19.6 Å². The molecule has 1 N–H and O–H groups in total. The SMILES string of the molecule is O=C(O)c1nc(OCCN2CCCC2)ccc1Cl. The molecule has 2 heterocycles. The zero-order valence-corrected chi connectivity index (χ0v) is 10.7. The number of likely N-dealkylation sites (tertiary alicyclic amines) is 1. The van der Waals surface area contributed by atoms with Gasteiger partial charge in [-0.25, -0.2) is 9.78 Å². The van der Waals surface area contributed by atoms with Crippen LogP contribution >= 0.6 is 11.6 Å². The number of pyridine rings is 1. The van der Waals surface area contributed by atoms with Crippen LogP contribution in [0.25, 0.3) is 0 Å². The molecule has 2 rings (SSSR count). The van der Waals surface area contributed by atoms with Crippen molar-refractivity contribution in [2.24, 2.45) is 0 Å². The number of carboxylic acid groups (broad SMARTS) is 1. The minimum Gasteiger partial charge on any atom is -0.476 e. The van der Waals surface area contributed by atoms with Crippen LogP contribution < -0.4 is 4.74 Å². The summed E-state index contributed by atoms with van der Waals surface area (Å²) in [5.74, 6) is -0.846. The average molecular weight is 271 g/mol. The Kier molecular flexibility index (Phi) is 4.38. The molecule has 5 nitrogen and oxygen atoms in total. The summed E-state index contributed by atoms with van der Waals surface area (Å²) in [7, 11) is 0. The molecule has 6 heteroatoms. The Morgan fingerprint density at radius 3 is 2.83 bits per heavy atom. The van der Waals surface area contributed by atoms with Gasteiger partial charge in [-0.15, -0.1) is 0 Å². The van der Waals surface area contributed by atoms with Crippen LogP contribution in [0.4, 0.5) is 0 Å². The van der Waals surface area contributed by atoms with Gasteiger partial charge in [-0.2, -0.15) is 0 Å². The molecule has 1 aliphatic heterocycles. The van der Waals surface area contributed by atoms with E-state index in [1.54, 1.807) is 6.07 Å². The maximum Gasteiger partial charge on any atom is 0.356 e. The van der Waals surface area contributed by atoms with Crippen LogP contribution in [0, 0.1) is 0 Å². The van der Waals surface area contributed by atoms with E-state index >= 15 is 0 Å². The number of halogens is 1. The van der Waals surface area contributed by atoms with Gasteiger partial charge in [0.2, 0.25) is 5.88 Å². The number of hydrogen-bond acceptors (Lipinski definition) is 4. The minimum atomic E-state index is -1.15. The third kappa shape index (κ3) is 3.34. The molecular weight excluding hydrogens is 256 g/mol. The highest BCUT2D eigenvalue weighted by atomic mass is 35.5. The Morgan fingerprint density at radius 2 is 2.17 bits per heavy atom. The van der Waals surface area contributed by atoms with Crippen LogP contribution in [-0.4, -0.2) is 47.2 Å². The molecule has 0 amide bonds. The Hall–Kier alpha value is -1.33. The maximum absolute atomic E-state index is 10.8. The molecule has 1 aromatic heterocycles. The molecule has 1 fully saturated rings. The van der Waals surface area contributed by atoms with E-state index in [4.69, 9.17) is 21.4 Å². The van der Waals surface area contributed by atoms with Crippen molar-refractivity contribution in [2.45, 2.75) is 12.8 Å². The molecule has 1 aliphatic rings. The van der Waals surface area contributed by atoms with Gasteiger partial charge in [0.1, 0.15) is 6.61 Å². The molecular formula is C12H15ClN2O3. The number of aromatic nitrogens is 1. The highest BCUT2D eigenvalue weighted by Crippen LogP contribution is 2.18. The molecule has 0 aromatic carbocycles. The molecule has 0 atom stereocenters. The molecule has 1 saturated heterocycles. The minimum absolute atomic E-state index is 0.120. The second kappa shape index (κ2) is 6.02. The second-order valence-electron chi connectivity index (χ2n) is 4.18. The first-order chi connectivity index (χ1) is 8.66. The van der Waals surface area contributed by atoms with Gasteiger partial charge < -0.3 is 9.84 Å². The topological polar surface area (TPSA) is 62.7 Å². The third-order valence-electron chi connectivity index (χ3n) is 2.88. The van der Waals surface area contributed by atoms with Gasteiger partial charge in [0.25, 0.3) is 0 Å². The fraction of sp³-hybridized carbons (Fsp3) is 0.500. The Balaban J connectivity index is 1.88. The average Bonchev–Trinajstić information content (AvgIpc) is 2.84. The van der Waals surface area contributed by atoms with Gasteiger partial charge >= 0.3 is 5.97 Å². The van der Waals surface area contributed by atoms with E-state index in [2.05, 4.69) is 9.88 Å². The normalized spacial score (nSPS) is 15.8. The van der Waals surface area contributed by atoms with Gasteiger partial charge in [-0.1, -0.05) is 11.6 Å². The molecule has 0 aliphatic carbocycles. The van der Waals surface area contributed by atoms with E-state index in [0.29, 0.717) is 12.5 Å². The van der Waals surface area contributed by atoms with Crippen molar-refractivity contribution in [3.05, 3.63) is 22.8 Å². The van der Waals surface area contributed by atoms with Gasteiger partial charge in [-0.05, 0) is 32.0 Å². The number of aromatic carboxylic acids is 1. The van der Waals surface area contributed by atoms with Crippen LogP contribution in [-0.2, 0) is 0 Å². The molecule has 0 unspecified atom stereocenters. The number of rotatable bonds is 5. The van der Waals surface area contributed by atoms with E-state index in [9.17, 15) is 4.79 Å². The van der Waals surface area contributed by atoms with E-state index in [1.807, 2.05) is 0 Å². The van der Waals surface area contributed by atoms with Crippen LogP contribution in [0.5, 0.6) is 5.88 Å². The van der Waals surface area contributed by atoms with Crippen LogP contribution in [0.2, 0.25) is 5.02 Å². The van der Waals surface area contributed by atoms with Crippen LogP contribution in [0.15, 0.2) is 12.1 Å². The lowest BCUT2D eigenvalue weighted by atomic mass is 10.3. The fourth-order valence-corrected chi connectivity index (χ4v) is 2.13. The summed E-state index contributed by atoms with van der Waals surface area (Å²) >= 11 is 5.72.